The maximum atomic E-state index is 13.8. The number of piperidine rings is 1. The van der Waals surface area contributed by atoms with Crippen LogP contribution in [0.4, 0.5) is 17.6 Å². The van der Waals surface area contributed by atoms with Crippen molar-refractivity contribution >= 4 is 5.71 Å². The van der Waals surface area contributed by atoms with E-state index in [-0.39, 0.29) is 12.5 Å². The van der Waals surface area contributed by atoms with Crippen LogP contribution in [0.25, 0.3) is 0 Å². The summed E-state index contributed by atoms with van der Waals surface area (Å²) in [6.45, 7) is 1.57. The third kappa shape index (κ3) is 5.99. The third-order valence-electron chi connectivity index (χ3n) is 5.89. The lowest BCUT2D eigenvalue weighted by molar-refractivity contribution is 0.128. The van der Waals surface area contributed by atoms with Gasteiger partial charge in [-0.3, -0.25) is 4.90 Å². The molecule has 2 aromatic carbocycles. The number of benzene rings is 2. The summed E-state index contributed by atoms with van der Waals surface area (Å²) in [4.78, 5) is 11.3. The lowest BCUT2D eigenvalue weighted by Crippen LogP contribution is -2.32. The smallest absolute Gasteiger partial charge is 0.213 e. The number of pyridine rings is 1. The maximum Gasteiger partial charge on any atom is 0.213 e. The van der Waals surface area contributed by atoms with E-state index in [1.165, 1.54) is 12.1 Å². The maximum absolute atomic E-state index is 13.8. The number of aromatic nitrogens is 1. The first-order valence-corrected chi connectivity index (χ1v) is 11.2. The first kappa shape index (κ1) is 23.9. The van der Waals surface area contributed by atoms with Crippen LogP contribution >= 0.6 is 0 Å². The van der Waals surface area contributed by atoms with E-state index in [1.807, 2.05) is 30.3 Å². The number of rotatable bonds is 8. The summed E-state index contributed by atoms with van der Waals surface area (Å²) in [5.74, 6) is -2.14. The Morgan fingerprint density at radius 2 is 1.68 bits per heavy atom. The minimum Gasteiger partial charge on any atom is -0.392 e. The van der Waals surface area contributed by atoms with E-state index >= 15 is 0 Å². The minimum absolute atomic E-state index is 0.230. The largest absolute Gasteiger partial charge is 0.392 e. The molecule has 4 rings (SSSR count). The molecule has 178 valence electrons. The molecule has 1 aliphatic rings. The number of nitrogens with zero attached hydrogens (tertiary/aromatic N) is 3. The summed E-state index contributed by atoms with van der Waals surface area (Å²) < 4.78 is 53.0. The van der Waals surface area contributed by atoms with Gasteiger partial charge in [0.25, 0.3) is 0 Å². The van der Waals surface area contributed by atoms with Gasteiger partial charge in [-0.2, -0.15) is 4.39 Å². The van der Waals surface area contributed by atoms with Crippen LogP contribution in [0.15, 0.2) is 65.8 Å². The van der Waals surface area contributed by atoms with Crippen molar-refractivity contribution in [2.75, 3.05) is 26.4 Å². The average molecular weight is 471 g/mol. The SMILES string of the molecule is FCCON=C(c1ccc(CN2CCC(c3cccc(F)n3)CC2)cc1)c1ccc(F)c(F)c1. The Morgan fingerprint density at radius 3 is 2.35 bits per heavy atom. The van der Waals surface area contributed by atoms with Crippen LogP contribution in [0.2, 0.25) is 0 Å². The molecule has 2 heterocycles. The Labute approximate surface area is 195 Å². The van der Waals surface area contributed by atoms with Gasteiger partial charge in [0, 0.05) is 29.3 Å². The summed E-state index contributed by atoms with van der Waals surface area (Å²) >= 11 is 0. The quantitative estimate of drug-likeness (QED) is 0.141. The number of hydrogen-bond donors (Lipinski definition) is 0. The molecule has 4 nitrogen and oxygen atoms in total. The van der Waals surface area contributed by atoms with Gasteiger partial charge in [-0.15, -0.1) is 0 Å². The van der Waals surface area contributed by atoms with E-state index < -0.39 is 24.3 Å². The Morgan fingerprint density at radius 1 is 0.941 bits per heavy atom. The van der Waals surface area contributed by atoms with Gasteiger partial charge in [0.2, 0.25) is 5.95 Å². The summed E-state index contributed by atoms with van der Waals surface area (Å²) in [7, 11) is 0. The second-order valence-corrected chi connectivity index (χ2v) is 8.22. The van der Waals surface area contributed by atoms with Gasteiger partial charge in [-0.25, -0.2) is 18.2 Å². The molecule has 0 atom stereocenters. The highest BCUT2D eigenvalue weighted by atomic mass is 19.2. The van der Waals surface area contributed by atoms with E-state index in [4.69, 9.17) is 4.84 Å². The van der Waals surface area contributed by atoms with Gasteiger partial charge in [-0.1, -0.05) is 35.5 Å². The molecule has 0 unspecified atom stereocenters. The van der Waals surface area contributed by atoms with Crippen molar-refractivity contribution < 1.29 is 22.4 Å². The zero-order valence-electron chi connectivity index (χ0n) is 18.6. The van der Waals surface area contributed by atoms with Crippen molar-refractivity contribution in [3.8, 4) is 0 Å². The molecular weight excluding hydrogens is 446 g/mol. The normalized spacial score (nSPS) is 15.5. The Hall–Kier alpha value is -3.26. The van der Waals surface area contributed by atoms with E-state index in [0.29, 0.717) is 16.8 Å². The molecule has 0 bridgehead atoms. The first-order valence-electron chi connectivity index (χ1n) is 11.2. The van der Waals surface area contributed by atoms with Crippen molar-refractivity contribution in [2.45, 2.75) is 25.3 Å². The highest BCUT2D eigenvalue weighted by Crippen LogP contribution is 2.27. The summed E-state index contributed by atoms with van der Waals surface area (Å²) in [5, 5.41) is 3.96. The molecule has 0 saturated carbocycles. The Kier molecular flexibility index (Phi) is 7.90. The van der Waals surface area contributed by atoms with E-state index in [0.717, 1.165) is 55.9 Å². The predicted octanol–water partition coefficient (Wildman–Crippen LogP) is 5.62. The molecular formula is C26H25F4N3O. The molecule has 1 aromatic heterocycles. The number of halogens is 4. The average Bonchev–Trinajstić information content (AvgIpc) is 2.85. The minimum atomic E-state index is -0.996. The Bertz CT molecular complexity index is 1130. The fraction of sp³-hybridized carbons (Fsp3) is 0.308. The molecule has 0 N–H and O–H groups in total. The molecule has 0 amide bonds. The van der Waals surface area contributed by atoms with Gasteiger partial charge in [0.15, 0.2) is 11.6 Å². The van der Waals surface area contributed by atoms with Crippen LogP contribution in [0.3, 0.4) is 0 Å². The lowest BCUT2D eigenvalue weighted by Gasteiger charge is -2.31. The van der Waals surface area contributed by atoms with Crippen LogP contribution < -0.4 is 0 Å². The molecule has 0 spiro atoms. The predicted molar refractivity (Wildman–Crippen MR) is 122 cm³/mol. The van der Waals surface area contributed by atoms with Gasteiger partial charge >= 0.3 is 0 Å². The van der Waals surface area contributed by atoms with Crippen LogP contribution in [0.5, 0.6) is 0 Å². The topological polar surface area (TPSA) is 37.7 Å². The van der Waals surface area contributed by atoms with Crippen LogP contribution in [-0.2, 0) is 11.4 Å². The van der Waals surface area contributed by atoms with Crippen LogP contribution in [0, 0.1) is 17.6 Å². The molecule has 1 saturated heterocycles. The van der Waals surface area contributed by atoms with Gasteiger partial charge in [0.1, 0.15) is 19.0 Å². The standard InChI is InChI=1S/C26H25F4N3O/c27-12-15-34-32-26(21-8-9-22(28)23(29)16-21)20-6-4-18(5-7-20)17-33-13-10-19(11-14-33)24-2-1-3-25(30)31-24/h1-9,16,19H,10-15,17H2. The van der Waals surface area contributed by atoms with E-state index in [1.54, 1.807) is 6.07 Å². The van der Waals surface area contributed by atoms with Crippen molar-refractivity contribution in [2.24, 2.45) is 5.16 Å². The fourth-order valence-electron chi connectivity index (χ4n) is 4.12. The molecule has 0 radical (unpaired) electrons. The highest BCUT2D eigenvalue weighted by Gasteiger charge is 2.22. The van der Waals surface area contributed by atoms with Gasteiger partial charge < -0.3 is 4.84 Å². The zero-order valence-corrected chi connectivity index (χ0v) is 18.6. The van der Waals surface area contributed by atoms with E-state index in [9.17, 15) is 17.6 Å². The molecule has 34 heavy (non-hydrogen) atoms. The third-order valence-corrected chi connectivity index (χ3v) is 5.89. The van der Waals surface area contributed by atoms with Crippen molar-refractivity contribution in [3.63, 3.8) is 0 Å². The summed E-state index contributed by atoms with van der Waals surface area (Å²) in [6, 6.07) is 16.0. The molecule has 3 aromatic rings. The van der Waals surface area contributed by atoms with E-state index in [2.05, 4.69) is 15.0 Å². The molecule has 1 aliphatic heterocycles. The fourth-order valence-corrected chi connectivity index (χ4v) is 4.12. The molecule has 8 heteroatoms. The lowest BCUT2D eigenvalue weighted by atomic mass is 9.92. The zero-order chi connectivity index (χ0) is 23.9. The first-order chi connectivity index (χ1) is 16.5. The van der Waals surface area contributed by atoms with Crippen molar-refractivity contribution in [1.29, 1.82) is 0 Å². The van der Waals surface area contributed by atoms with Crippen LogP contribution in [0.1, 0.15) is 41.1 Å². The number of alkyl halides is 1. The number of oxime groups is 1. The van der Waals surface area contributed by atoms with Crippen molar-refractivity contribution in [3.05, 3.63) is 101 Å². The molecule has 1 fully saturated rings. The number of hydrogen-bond acceptors (Lipinski definition) is 4. The second kappa shape index (κ2) is 11.2. The highest BCUT2D eigenvalue weighted by molar-refractivity contribution is 6.12. The Balaban J connectivity index is 1.42. The molecule has 0 aliphatic carbocycles. The summed E-state index contributed by atoms with van der Waals surface area (Å²) in [6.07, 6.45) is 1.82. The number of likely N-dealkylation sites (tertiary alicyclic amines) is 1. The van der Waals surface area contributed by atoms with Crippen LogP contribution in [-0.4, -0.2) is 42.0 Å². The van der Waals surface area contributed by atoms with Crippen molar-refractivity contribution in [1.82, 2.24) is 9.88 Å². The van der Waals surface area contributed by atoms with Gasteiger partial charge in [-0.05, 0) is 61.8 Å². The summed E-state index contributed by atoms with van der Waals surface area (Å²) in [5.41, 5.74) is 3.16. The van der Waals surface area contributed by atoms with Gasteiger partial charge in [0.05, 0.1) is 0 Å². The second-order valence-electron chi connectivity index (χ2n) is 8.22. The monoisotopic (exact) mass is 471 g/mol.